The van der Waals surface area contributed by atoms with Crippen LogP contribution in [0.4, 0.5) is 0 Å². The van der Waals surface area contributed by atoms with Crippen LogP contribution in [0.25, 0.3) is 0 Å². The van der Waals surface area contributed by atoms with Gasteiger partial charge in [-0.05, 0) is 17.7 Å². The van der Waals surface area contributed by atoms with E-state index >= 15 is 0 Å². The van der Waals surface area contributed by atoms with Gasteiger partial charge < -0.3 is 10.4 Å². The molecule has 1 aliphatic rings. The van der Waals surface area contributed by atoms with Crippen LogP contribution in [0.1, 0.15) is 5.56 Å². The summed E-state index contributed by atoms with van der Waals surface area (Å²) in [5, 5.41) is 12.5. The number of halogens is 1. The molecule has 1 aromatic carbocycles. The van der Waals surface area contributed by atoms with E-state index in [2.05, 4.69) is 15.1 Å². The molecule has 1 amide bonds. The topological polar surface area (TPSA) is 55.8 Å². The van der Waals surface area contributed by atoms with E-state index in [0.29, 0.717) is 18.1 Å². The van der Waals surface area contributed by atoms with Crippen LogP contribution in [0.15, 0.2) is 24.3 Å². The zero-order chi connectivity index (χ0) is 15.1. The van der Waals surface area contributed by atoms with Crippen LogP contribution in [-0.4, -0.2) is 66.7 Å². The summed E-state index contributed by atoms with van der Waals surface area (Å²) in [6.45, 7) is 5.43. The molecule has 6 heteroatoms. The lowest BCUT2D eigenvalue weighted by molar-refractivity contribution is -0.122. The molecule has 0 aliphatic carbocycles. The first-order valence-electron chi connectivity index (χ1n) is 7.24. The van der Waals surface area contributed by atoms with Crippen molar-refractivity contribution < 1.29 is 9.90 Å². The number of benzene rings is 1. The molecule has 0 spiro atoms. The predicted molar refractivity (Wildman–Crippen MR) is 83.3 cm³/mol. The van der Waals surface area contributed by atoms with Gasteiger partial charge in [0, 0.05) is 44.3 Å². The number of aliphatic hydroxyl groups is 1. The van der Waals surface area contributed by atoms with E-state index in [4.69, 9.17) is 16.7 Å². The Morgan fingerprint density at radius 3 is 2.38 bits per heavy atom. The van der Waals surface area contributed by atoms with Crippen molar-refractivity contribution in [1.82, 2.24) is 15.1 Å². The molecule has 5 nitrogen and oxygen atoms in total. The van der Waals surface area contributed by atoms with Gasteiger partial charge in [0.15, 0.2) is 0 Å². The molecule has 0 aromatic heterocycles. The van der Waals surface area contributed by atoms with Crippen LogP contribution < -0.4 is 5.32 Å². The average molecular weight is 312 g/mol. The fourth-order valence-corrected chi connectivity index (χ4v) is 2.50. The minimum absolute atomic E-state index is 0.0422. The van der Waals surface area contributed by atoms with Crippen molar-refractivity contribution in [2.24, 2.45) is 0 Å². The van der Waals surface area contributed by atoms with Crippen LogP contribution in [-0.2, 0) is 11.3 Å². The Hall–Kier alpha value is -1.14. The highest BCUT2D eigenvalue weighted by molar-refractivity contribution is 6.30. The molecular weight excluding hydrogens is 290 g/mol. The number of hydrogen-bond acceptors (Lipinski definition) is 4. The maximum atomic E-state index is 11.9. The normalized spacial score (nSPS) is 16.9. The van der Waals surface area contributed by atoms with Gasteiger partial charge in [0.1, 0.15) is 0 Å². The van der Waals surface area contributed by atoms with Gasteiger partial charge in [0.05, 0.1) is 13.2 Å². The highest BCUT2D eigenvalue weighted by Crippen LogP contribution is 2.09. The number of aliphatic hydroxyl groups excluding tert-OH is 1. The molecule has 116 valence electrons. The van der Waals surface area contributed by atoms with Gasteiger partial charge in [-0.3, -0.25) is 14.6 Å². The largest absolute Gasteiger partial charge is 0.395 e. The number of rotatable bonds is 6. The maximum absolute atomic E-state index is 11.9. The number of hydrogen-bond donors (Lipinski definition) is 2. The van der Waals surface area contributed by atoms with Crippen molar-refractivity contribution in [3.63, 3.8) is 0 Å². The fourth-order valence-electron chi connectivity index (χ4n) is 2.37. The second-order valence-corrected chi connectivity index (χ2v) is 5.68. The zero-order valence-electron chi connectivity index (χ0n) is 12.1. The molecule has 2 N–H and O–H groups in total. The van der Waals surface area contributed by atoms with E-state index < -0.39 is 0 Å². The van der Waals surface area contributed by atoms with E-state index in [1.165, 1.54) is 0 Å². The van der Waals surface area contributed by atoms with Gasteiger partial charge in [0.2, 0.25) is 5.91 Å². The van der Waals surface area contributed by atoms with Gasteiger partial charge in [0.25, 0.3) is 0 Å². The molecule has 1 aromatic rings. The lowest BCUT2D eigenvalue weighted by Gasteiger charge is -2.33. The van der Waals surface area contributed by atoms with Crippen LogP contribution >= 0.6 is 11.6 Å². The van der Waals surface area contributed by atoms with Gasteiger partial charge >= 0.3 is 0 Å². The Bertz CT molecular complexity index is 445. The fraction of sp³-hybridized carbons (Fsp3) is 0.533. The van der Waals surface area contributed by atoms with Crippen molar-refractivity contribution in [3.8, 4) is 0 Å². The van der Waals surface area contributed by atoms with Crippen molar-refractivity contribution in [2.45, 2.75) is 6.54 Å². The van der Waals surface area contributed by atoms with Crippen LogP contribution in [0, 0.1) is 0 Å². The second-order valence-electron chi connectivity index (χ2n) is 5.24. The Morgan fingerprint density at radius 2 is 1.76 bits per heavy atom. The van der Waals surface area contributed by atoms with Gasteiger partial charge in [-0.1, -0.05) is 23.7 Å². The Balaban J connectivity index is 1.67. The van der Waals surface area contributed by atoms with E-state index in [0.717, 1.165) is 38.3 Å². The molecule has 2 rings (SSSR count). The Kier molecular flexibility index (Phi) is 6.45. The third kappa shape index (κ3) is 5.63. The molecule has 0 radical (unpaired) electrons. The molecule has 0 atom stereocenters. The number of amides is 1. The van der Waals surface area contributed by atoms with Gasteiger partial charge in [-0.25, -0.2) is 0 Å². The monoisotopic (exact) mass is 311 g/mol. The number of nitrogens with zero attached hydrogens (tertiary/aromatic N) is 2. The first kappa shape index (κ1) is 16.2. The van der Waals surface area contributed by atoms with E-state index in [1.807, 2.05) is 24.3 Å². The lowest BCUT2D eigenvalue weighted by Crippen LogP contribution is -2.49. The summed E-state index contributed by atoms with van der Waals surface area (Å²) in [6.07, 6.45) is 0. The maximum Gasteiger partial charge on any atom is 0.234 e. The summed E-state index contributed by atoms with van der Waals surface area (Å²) in [5.74, 6) is 0.0422. The Labute approximate surface area is 130 Å². The third-order valence-electron chi connectivity index (χ3n) is 3.65. The summed E-state index contributed by atoms with van der Waals surface area (Å²) >= 11 is 5.82. The van der Waals surface area contributed by atoms with Crippen molar-refractivity contribution in [1.29, 1.82) is 0 Å². The third-order valence-corrected chi connectivity index (χ3v) is 3.90. The first-order valence-corrected chi connectivity index (χ1v) is 7.62. The minimum atomic E-state index is 0.0422. The summed E-state index contributed by atoms with van der Waals surface area (Å²) in [4.78, 5) is 16.3. The van der Waals surface area contributed by atoms with Crippen molar-refractivity contribution in [3.05, 3.63) is 34.9 Å². The van der Waals surface area contributed by atoms with E-state index in [1.54, 1.807) is 0 Å². The number of carbonyl (C=O) groups is 1. The lowest BCUT2D eigenvalue weighted by atomic mass is 10.2. The van der Waals surface area contributed by atoms with E-state index in [9.17, 15) is 4.79 Å². The highest BCUT2D eigenvalue weighted by Gasteiger charge is 2.18. The molecule has 0 unspecified atom stereocenters. The van der Waals surface area contributed by atoms with Crippen LogP contribution in [0.5, 0.6) is 0 Å². The summed E-state index contributed by atoms with van der Waals surface area (Å²) in [6, 6.07) is 7.47. The molecule has 1 fully saturated rings. The van der Waals surface area contributed by atoms with E-state index in [-0.39, 0.29) is 12.5 Å². The number of piperazine rings is 1. The smallest absolute Gasteiger partial charge is 0.234 e. The standard InChI is InChI=1S/C15H22ClN3O2/c16-14-3-1-13(2-4-14)11-17-15(21)12-19-7-5-18(6-8-19)9-10-20/h1-4,20H,5-12H2,(H,17,21). The molecular formula is C15H22ClN3O2. The molecule has 0 bridgehead atoms. The first-order chi connectivity index (χ1) is 10.2. The highest BCUT2D eigenvalue weighted by atomic mass is 35.5. The zero-order valence-corrected chi connectivity index (χ0v) is 12.9. The SMILES string of the molecule is O=C(CN1CCN(CCO)CC1)NCc1ccc(Cl)cc1. The summed E-state index contributed by atoms with van der Waals surface area (Å²) in [7, 11) is 0. The Morgan fingerprint density at radius 1 is 1.14 bits per heavy atom. The van der Waals surface area contributed by atoms with Crippen LogP contribution in [0.3, 0.4) is 0 Å². The molecule has 1 heterocycles. The summed E-state index contributed by atoms with van der Waals surface area (Å²) in [5.41, 5.74) is 1.04. The molecule has 1 aliphatic heterocycles. The molecule has 21 heavy (non-hydrogen) atoms. The number of nitrogens with one attached hydrogen (secondary N) is 1. The van der Waals surface area contributed by atoms with Crippen molar-refractivity contribution in [2.75, 3.05) is 45.9 Å². The quantitative estimate of drug-likeness (QED) is 0.806. The minimum Gasteiger partial charge on any atom is -0.395 e. The number of β-amino-alcohol motifs (C(OH)–C–C–N with tert-alkyl or cyclic N) is 1. The average Bonchev–Trinajstić information content (AvgIpc) is 2.49. The second kappa shape index (κ2) is 8.34. The van der Waals surface area contributed by atoms with Gasteiger partial charge in [-0.2, -0.15) is 0 Å². The van der Waals surface area contributed by atoms with Gasteiger partial charge in [-0.15, -0.1) is 0 Å². The summed E-state index contributed by atoms with van der Waals surface area (Å²) < 4.78 is 0. The number of carbonyl (C=O) groups excluding carboxylic acids is 1. The molecule has 1 saturated heterocycles. The predicted octanol–water partition coefficient (Wildman–Crippen LogP) is 0.566. The van der Waals surface area contributed by atoms with Crippen LogP contribution in [0.2, 0.25) is 5.02 Å². The van der Waals surface area contributed by atoms with Crippen molar-refractivity contribution >= 4 is 17.5 Å². The molecule has 0 saturated carbocycles.